The van der Waals surface area contributed by atoms with E-state index >= 15 is 0 Å². The van der Waals surface area contributed by atoms with Crippen LogP contribution in [0.2, 0.25) is 0 Å². The maximum Gasteiger partial charge on any atom is 0.335 e. The summed E-state index contributed by atoms with van der Waals surface area (Å²) in [7, 11) is 0. The largest absolute Gasteiger partial charge is 0.478 e. The minimum atomic E-state index is -2.69. The molecule has 6 rings (SSSR count). The Morgan fingerprint density at radius 3 is 2.14 bits per heavy atom. The van der Waals surface area contributed by atoms with Gasteiger partial charge in [-0.1, -0.05) is 129 Å². The van der Waals surface area contributed by atoms with E-state index in [0.29, 0.717) is 11.3 Å². The molecule has 3 aromatic rings. The Kier molecular flexibility index (Phi) is 21.3. The number of nitrogens with one attached hydrogen (secondary N) is 2. The zero-order valence-corrected chi connectivity index (χ0v) is 41.9. The van der Waals surface area contributed by atoms with Gasteiger partial charge in [-0.05, 0) is 95.4 Å². The molecule has 3 aliphatic rings. The second kappa shape index (κ2) is 25.4. The number of allylic oxidation sites excluding steroid dienone is 5. The van der Waals surface area contributed by atoms with Crippen LogP contribution in [0, 0.1) is 31.1 Å². The molecule has 0 radical (unpaired) electrons. The second-order valence-corrected chi connectivity index (χ2v) is 18.3. The van der Waals surface area contributed by atoms with Crippen LogP contribution in [0.4, 0.5) is 20.4 Å². The van der Waals surface area contributed by atoms with Gasteiger partial charge in [0.25, 0.3) is 11.9 Å². The number of hydrogen-bond donors (Lipinski definition) is 5. The van der Waals surface area contributed by atoms with Crippen molar-refractivity contribution < 1.29 is 33.8 Å². The van der Waals surface area contributed by atoms with E-state index in [-0.39, 0.29) is 48.2 Å². The van der Waals surface area contributed by atoms with Gasteiger partial charge in [-0.2, -0.15) is 4.98 Å². The summed E-state index contributed by atoms with van der Waals surface area (Å²) >= 11 is 0. The van der Waals surface area contributed by atoms with E-state index in [2.05, 4.69) is 48.4 Å². The SMILES string of the molecule is CC.CC1CC1.CCC(C)C.C\C=C(/N=C(C)\C(=C/CC)\C=C(/C)C1(C)CC1(F)F)C1CCCCC(COc2cc(-c3c(C)cccc3C)nc(N[N+](O)(O)c3cccc(C(=O)O)c3)n2)N1. The summed E-state index contributed by atoms with van der Waals surface area (Å²) in [6.45, 7) is 26.3. The van der Waals surface area contributed by atoms with E-state index in [4.69, 9.17) is 9.73 Å². The lowest BCUT2D eigenvalue weighted by atomic mass is 9.95. The number of hydrogen-bond acceptors (Lipinski definition) is 9. The first kappa shape index (κ1) is 55.5. The number of carboxylic acids is 1. The summed E-state index contributed by atoms with van der Waals surface area (Å²) in [6, 6.07) is 12.6. The number of ether oxygens (including phenoxy) is 1. The van der Waals surface area contributed by atoms with Crippen molar-refractivity contribution in [1.29, 1.82) is 0 Å². The Bertz CT molecular complexity index is 2160. The van der Waals surface area contributed by atoms with Crippen LogP contribution in [0.25, 0.3) is 11.3 Å². The molecule has 3 unspecified atom stereocenters. The summed E-state index contributed by atoms with van der Waals surface area (Å²) in [4.78, 5) is 23.8. The fourth-order valence-corrected chi connectivity index (χ4v) is 7.19. The first-order chi connectivity index (χ1) is 31.1. The Balaban J connectivity index is 0.000000937. The average molecular weight is 918 g/mol. The summed E-state index contributed by atoms with van der Waals surface area (Å²) in [5.74, 6) is -1.90. The highest BCUT2D eigenvalue weighted by Crippen LogP contribution is 2.64. The summed E-state index contributed by atoms with van der Waals surface area (Å²) in [5, 5.41) is 35.2. The van der Waals surface area contributed by atoms with Crippen molar-refractivity contribution in [1.82, 2.24) is 20.2 Å². The molecule has 1 aliphatic heterocycles. The topological polar surface area (TPSA) is 149 Å². The molecule has 0 amide bonds. The molecular weight excluding hydrogens is 839 g/mol. The van der Waals surface area contributed by atoms with Crippen molar-refractivity contribution in [3.63, 3.8) is 0 Å². The van der Waals surface area contributed by atoms with Crippen LogP contribution in [-0.2, 0) is 0 Å². The van der Waals surface area contributed by atoms with Crippen molar-refractivity contribution in [2.45, 2.75) is 166 Å². The van der Waals surface area contributed by atoms with Gasteiger partial charge >= 0.3 is 5.97 Å². The van der Waals surface area contributed by atoms with E-state index in [1.54, 1.807) is 19.9 Å². The number of aliphatic imine (C=N–C) groups is 1. The Hall–Kier alpha value is -4.82. The number of aromatic nitrogens is 2. The van der Waals surface area contributed by atoms with Crippen LogP contribution in [0.1, 0.15) is 155 Å². The second-order valence-electron chi connectivity index (χ2n) is 18.3. The van der Waals surface area contributed by atoms with E-state index in [1.807, 2.05) is 84.9 Å². The zero-order valence-electron chi connectivity index (χ0n) is 41.9. The van der Waals surface area contributed by atoms with E-state index in [9.17, 15) is 29.1 Å². The van der Waals surface area contributed by atoms with Crippen molar-refractivity contribution >= 4 is 23.3 Å². The normalized spacial score (nSPS) is 20.9. The Morgan fingerprint density at radius 2 is 1.61 bits per heavy atom. The Labute approximate surface area is 393 Å². The van der Waals surface area contributed by atoms with Gasteiger partial charge in [0.05, 0.1) is 27.3 Å². The van der Waals surface area contributed by atoms with Crippen molar-refractivity contribution in [3.8, 4) is 17.1 Å². The number of carbonyl (C=O) groups is 1. The number of aromatic carboxylic acids is 1. The van der Waals surface area contributed by atoms with Gasteiger partial charge in [0.1, 0.15) is 6.61 Å². The van der Waals surface area contributed by atoms with Gasteiger partial charge in [-0.3, -0.25) is 4.99 Å². The molecule has 13 heteroatoms. The lowest BCUT2D eigenvalue weighted by Gasteiger charge is -2.24. The van der Waals surface area contributed by atoms with Crippen LogP contribution in [0.15, 0.2) is 88.6 Å². The number of halogens is 2. The smallest absolute Gasteiger partial charge is 0.335 e. The fourth-order valence-electron chi connectivity index (χ4n) is 7.19. The first-order valence-corrected chi connectivity index (χ1v) is 23.9. The van der Waals surface area contributed by atoms with Gasteiger partial charge in [0.2, 0.25) is 11.6 Å². The molecule has 364 valence electrons. The number of quaternary nitrogens is 1. The molecule has 66 heavy (non-hydrogen) atoms. The van der Waals surface area contributed by atoms with Gasteiger partial charge in [-0.15, -0.1) is 15.8 Å². The molecular formula is C53H79F2N6O5+. The summed E-state index contributed by atoms with van der Waals surface area (Å²) in [6.07, 6.45) is 14.4. The number of aryl methyl sites for hydroxylation is 2. The molecule has 0 bridgehead atoms. The maximum absolute atomic E-state index is 14.2. The zero-order chi connectivity index (χ0) is 49.4. The summed E-state index contributed by atoms with van der Waals surface area (Å²) in [5.41, 5.74) is 7.42. The van der Waals surface area contributed by atoms with Crippen LogP contribution < -0.4 is 20.4 Å². The van der Waals surface area contributed by atoms with Gasteiger partial charge in [-0.25, -0.2) is 18.6 Å². The van der Waals surface area contributed by atoms with Gasteiger partial charge in [0.15, 0.2) is 0 Å². The molecule has 3 atom stereocenters. The molecule has 1 aromatic heterocycles. The van der Waals surface area contributed by atoms with Crippen molar-refractivity contribution in [2.24, 2.45) is 22.2 Å². The maximum atomic E-state index is 14.2. The molecule has 3 fully saturated rings. The lowest BCUT2D eigenvalue weighted by Crippen LogP contribution is -2.48. The third kappa shape index (κ3) is 16.2. The number of benzene rings is 2. The predicted octanol–water partition coefficient (Wildman–Crippen LogP) is 14.0. The number of anilines is 1. The van der Waals surface area contributed by atoms with E-state index < -0.39 is 22.2 Å². The van der Waals surface area contributed by atoms with Crippen molar-refractivity contribution in [3.05, 3.63) is 100 Å². The fraction of sp³-hybridized carbons (Fsp3) is 0.547. The third-order valence-corrected chi connectivity index (χ3v) is 12.3. The molecule has 0 spiro atoms. The average Bonchev–Trinajstić information content (AvgIpc) is 4.19. The van der Waals surface area contributed by atoms with Crippen LogP contribution in [0.5, 0.6) is 5.88 Å². The highest BCUT2D eigenvalue weighted by Gasteiger charge is 2.68. The minimum Gasteiger partial charge on any atom is -0.478 e. The number of carboxylic acid groups (broad SMARTS) is 1. The predicted molar refractivity (Wildman–Crippen MR) is 266 cm³/mol. The highest BCUT2D eigenvalue weighted by atomic mass is 19.3. The highest BCUT2D eigenvalue weighted by molar-refractivity contribution is 6.01. The molecule has 2 heterocycles. The van der Waals surface area contributed by atoms with E-state index in [1.165, 1.54) is 37.5 Å². The van der Waals surface area contributed by atoms with Crippen LogP contribution >= 0.6 is 0 Å². The molecule has 2 aromatic carbocycles. The molecule has 11 nitrogen and oxygen atoms in total. The van der Waals surface area contributed by atoms with Gasteiger partial charge in [0, 0.05) is 48.0 Å². The molecule has 2 aliphatic carbocycles. The van der Waals surface area contributed by atoms with Crippen LogP contribution in [0.3, 0.4) is 0 Å². The summed E-state index contributed by atoms with van der Waals surface area (Å²) < 4.78 is 34.7. The van der Waals surface area contributed by atoms with E-state index in [0.717, 1.165) is 83.7 Å². The standard InChI is InChI=1S/C42H52F2N6O5.C5H12.C4H8.C2H6/c1-8-14-30(21-28(5)41(7)25-42(41,43)44)29(6)45-34(9-2)35-20-11-10-18-32(46-35)24-55-37-23-36(38-26(3)15-12-16-27(38)4)47-40(48-37)49-50(53,54)33-19-13-17-31(22-33)39(51)52;1-4-5(2)3;1-4-2-3-4;1-2/h9,12-17,19,21-23,32,35,46,53-54H,8,10-11,18,20,24-25H2,1-7H3,(H-,47,48,49,51,52);5H,4H2,1-3H3;4H,2-3H2,1H3;1-2H3/p+1/b28-21+,30-14-,34-9-,45-29-;;;. The first-order valence-electron chi connectivity index (χ1n) is 23.9. The number of alkyl halides is 2. The number of rotatable bonds is 15. The van der Waals surface area contributed by atoms with Gasteiger partial charge < -0.3 is 15.2 Å². The molecule has 1 saturated heterocycles. The monoisotopic (exact) mass is 918 g/mol. The Morgan fingerprint density at radius 1 is 1.02 bits per heavy atom. The third-order valence-electron chi connectivity index (χ3n) is 12.3. The minimum absolute atomic E-state index is 0.0784. The van der Waals surface area contributed by atoms with Crippen molar-refractivity contribution in [2.75, 3.05) is 12.0 Å². The lowest BCUT2D eigenvalue weighted by molar-refractivity contribution is -0.273. The number of nitrogens with zero attached hydrogens (tertiary/aromatic N) is 4. The quantitative estimate of drug-likeness (QED) is 0.0435. The molecule has 2 saturated carbocycles. The van der Waals surface area contributed by atoms with Crippen LogP contribution in [-0.4, -0.2) is 61.8 Å². The molecule has 5 N–H and O–H groups in total.